The molecule has 2 aromatic heterocycles. The third kappa shape index (κ3) is 6.55. The third-order valence-electron chi connectivity index (χ3n) is 5.78. The van der Waals surface area contributed by atoms with Gasteiger partial charge in [-0.2, -0.15) is 0 Å². The molecule has 142 valence electrons. The van der Waals surface area contributed by atoms with Crippen LogP contribution >= 0.6 is 0 Å². The Bertz CT molecular complexity index is 558. The van der Waals surface area contributed by atoms with E-state index < -0.39 is 0 Å². The van der Waals surface area contributed by atoms with E-state index in [-0.39, 0.29) is 0 Å². The van der Waals surface area contributed by atoms with Crippen LogP contribution in [0.5, 0.6) is 0 Å². The molecule has 0 saturated carbocycles. The zero-order chi connectivity index (χ0) is 18.8. The number of hydrogen-bond acceptors (Lipinski definition) is 0. The minimum atomic E-state index is 0.668. The molecule has 0 fully saturated rings. The molecule has 0 bridgehead atoms. The second-order valence-electron chi connectivity index (χ2n) is 7.77. The van der Waals surface area contributed by atoms with Gasteiger partial charge in [-0.3, -0.25) is 0 Å². The first-order valence-corrected chi connectivity index (χ1v) is 10.6. The molecular weight excluding hydrogens is 316 g/mol. The van der Waals surface area contributed by atoms with Crippen molar-refractivity contribution in [1.82, 2.24) is 0 Å². The predicted octanol–water partition coefficient (Wildman–Crippen LogP) is 5.55. The summed E-state index contributed by atoms with van der Waals surface area (Å²) in [5.41, 5.74) is 2.92. The molecule has 0 spiro atoms. The fourth-order valence-electron chi connectivity index (χ4n) is 3.31. The molecule has 2 nitrogen and oxygen atoms in total. The summed E-state index contributed by atoms with van der Waals surface area (Å²) in [6.07, 6.45) is 16.6. The molecule has 2 rings (SSSR count). The summed E-state index contributed by atoms with van der Waals surface area (Å²) in [6.45, 7) is 11.4. The number of rotatable bonds is 11. The fraction of sp³-hybridized carbons (Fsp3) is 0.583. The Morgan fingerprint density at radius 1 is 0.615 bits per heavy atom. The van der Waals surface area contributed by atoms with Gasteiger partial charge in [-0.15, -0.1) is 0 Å². The van der Waals surface area contributed by atoms with Crippen LogP contribution in [0, 0.1) is 0 Å². The predicted molar refractivity (Wildman–Crippen MR) is 109 cm³/mol. The van der Waals surface area contributed by atoms with Gasteiger partial charge in [-0.05, 0) is 48.6 Å². The van der Waals surface area contributed by atoms with Gasteiger partial charge in [-0.1, -0.05) is 27.7 Å². The van der Waals surface area contributed by atoms with Gasteiger partial charge in [0.05, 0.1) is 0 Å². The quantitative estimate of drug-likeness (QED) is 0.369. The van der Waals surface area contributed by atoms with Crippen LogP contribution in [-0.2, 0) is 13.1 Å². The lowest BCUT2D eigenvalue weighted by Gasteiger charge is -2.07. The van der Waals surface area contributed by atoms with E-state index in [1.165, 1.54) is 49.7 Å². The van der Waals surface area contributed by atoms with E-state index in [0.29, 0.717) is 11.8 Å². The van der Waals surface area contributed by atoms with E-state index in [1.807, 2.05) is 0 Å². The van der Waals surface area contributed by atoms with Crippen LogP contribution in [0.15, 0.2) is 49.1 Å². The van der Waals surface area contributed by atoms with Gasteiger partial charge in [0.1, 0.15) is 13.1 Å². The lowest BCUT2D eigenvalue weighted by Crippen LogP contribution is -2.33. The molecule has 26 heavy (non-hydrogen) atoms. The van der Waals surface area contributed by atoms with Crippen LogP contribution in [-0.4, -0.2) is 0 Å². The Kier molecular flexibility index (Phi) is 8.80. The molecule has 0 aliphatic carbocycles. The zero-order valence-electron chi connectivity index (χ0n) is 17.3. The van der Waals surface area contributed by atoms with Crippen molar-refractivity contribution in [3.63, 3.8) is 0 Å². The topological polar surface area (TPSA) is 7.76 Å². The highest BCUT2D eigenvalue weighted by Crippen LogP contribution is 2.17. The first-order chi connectivity index (χ1) is 12.6. The Hall–Kier alpha value is -1.70. The summed E-state index contributed by atoms with van der Waals surface area (Å²) in [5, 5.41) is 0. The number of pyridine rings is 2. The van der Waals surface area contributed by atoms with E-state index in [0.717, 1.165) is 13.1 Å². The minimum Gasteiger partial charge on any atom is -0.205 e. The molecule has 0 radical (unpaired) electrons. The standard InChI is InChI=1S/C24H38N2/c1-5-21(3)23-11-17-25(18-12-23)15-9-7-8-10-16-26-19-13-24(14-20-26)22(4)6-2/h11-14,17-22H,5-10,15-16H2,1-4H3/q+2. The molecule has 0 aliphatic heterocycles. The number of unbranched alkanes of at least 4 members (excludes halogenated alkanes) is 3. The third-order valence-corrected chi connectivity index (χ3v) is 5.78. The van der Waals surface area contributed by atoms with E-state index in [2.05, 4.69) is 85.9 Å². The lowest BCUT2D eigenvalue weighted by atomic mass is 10.0. The van der Waals surface area contributed by atoms with Gasteiger partial charge in [0, 0.05) is 37.1 Å². The maximum absolute atomic E-state index is 2.33. The number of hydrogen-bond donors (Lipinski definition) is 0. The molecule has 2 heterocycles. The highest BCUT2D eigenvalue weighted by atomic mass is 14.9. The fourth-order valence-corrected chi connectivity index (χ4v) is 3.31. The van der Waals surface area contributed by atoms with Gasteiger partial charge in [0.15, 0.2) is 24.8 Å². The van der Waals surface area contributed by atoms with Crippen molar-refractivity contribution in [2.45, 2.75) is 91.1 Å². The van der Waals surface area contributed by atoms with E-state index in [9.17, 15) is 0 Å². The maximum atomic E-state index is 2.33. The monoisotopic (exact) mass is 354 g/mol. The molecule has 2 unspecified atom stereocenters. The SMILES string of the molecule is CCC(C)c1cc[n+](CCCCCC[n+]2ccc(C(C)CC)cc2)cc1. The Morgan fingerprint density at radius 2 is 0.962 bits per heavy atom. The molecule has 0 aromatic carbocycles. The van der Waals surface area contributed by atoms with Gasteiger partial charge in [-0.25, -0.2) is 9.13 Å². The summed E-state index contributed by atoms with van der Waals surface area (Å²) < 4.78 is 4.66. The first kappa shape index (κ1) is 20.6. The molecule has 2 aromatic rings. The van der Waals surface area contributed by atoms with E-state index in [1.54, 1.807) is 0 Å². The summed E-state index contributed by atoms with van der Waals surface area (Å²) >= 11 is 0. The molecular formula is C24H38N2+2. The van der Waals surface area contributed by atoms with Crippen molar-refractivity contribution in [3.8, 4) is 0 Å². The second-order valence-corrected chi connectivity index (χ2v) is 7.77. The Labute approximate surface area is 160 Å². The summed E-state index contributed by atoms with van der Waals surface area (Å²) in [6, 6.07) is 9.14. The molecule has 0 aliphatic rings. The van der Waals surface area contributed by atoms with Crippen LogP contribution < -0.4 is 9.13 Å². The highest BCUT2D eigenvalue weighted by molar-refractivity contribution is 5.13. The van der Waals surface area contributed by atoms with Crippen molar-refractivity contribution in [2.75, 3.05) is 0 Å². The first-order valence-electron chi connectivity index (χ1n) is 10.6. The van der Waals surface area contributed by atoms with Crippen LogP contribution in [0.1, 0.15) is 89.2 Å². The van der Waals surface area contributed by atoms with E-state index in [4.69, 9.17) is 0 Å². The van der Waals surface area contributed by atoms with Gasteiger partial charge >= 0.3 is 0 Å². The van der Waals surface area contributed by atoms with Crippen molar-refractivity contribution >= 4 is 0 Å². The van der Waals surface area contributed by atoms with E-state index >= 15 is 0 Å². The van der Waals surface area contributed by atoms with Crippen LogP contribution in [0.4, 0.5) is 0 Å². The zero-order valence-corrected chi connectivity index (χ0v) is 17.3. The smallest absolute Gasteiger partial charge is 0.169 e. The second kappa shape index (κ2) is 11.1. The summed E-state index contributed by atoms with van der Waals surface area (Å²) in [4.78, 5) is 0. The van der Waals surface area contributed by atoms with Crippen LogP contribution in [0.2, 0.25) is 0 Å². The summed E-state index contributed by atoms with van der Waals surface area (Å²) in [7, 11) is 0. The average molecular weight is 355 g/mol. The largest absolute Gasteiger partial charge is 0.205 e. The van der Waals surface area contributed by atoms with Crippen LogP contribution in [0.3, 0.4) is 0 Å². The number of aryl methyl sites for hydroxylation is 2. The maximum Gasteiger partial charge on any atom is 0.169 e. The van der Waals surface area contributed by atoms with Gasteiger partial charge in [0.2, 0.25) is 0 Å². The average Bonchev–Trinajstić information content (AvgIpc) is 2.70. The molecule has 2 heteroatoms. The van der Waals surface area contributed by atoms with Crippen molar-refractivity contribution < 1.29 is 9.13 Å². The van der Waals surface area contributed by atoms with Gasteiger partial charge < -0.3 is 0 Å². The number of aromatic nitrogens is 2. The Balaban J connectivity index is 1.62. The normalized spacial score (nSPS) is 13.5. The van der Waals surface area contributed by atoms with Crippen LogP contribution in [0.25, 0.3) is 0 Å². The van der Waals surface area contributed by atoms with Crippen molar-refractivity contribution in [1.29, 1.82) is 0 Å². The highest BCUT2D eigenvalue weighted by Gasteiger charge is 2.07. The Morgan fingerprint density at radius 3 is 1.27 bits per heavy atom. The molecule has 2 atom stereocenters. The molecule has 0 saturated heterocycles. The minimum absolute atomic E-state index is 0.668. The number of nitrogens with zero attached hydrogens (tertiary/aromatic N) is 2. The van der Waals surface area contributed by atoms with Gasteiger partial charge in [0.25, 0.3) is 0 Å². The lowest BCUT2D eigenvalue weighted by molar-refractivity contribution is -0.699. The molecule has 0 N–H and O–H groups in total. The van der Waals surface area contributed by atoms with Crippen molar-refractivity contribution in [3.05, 3.63) is 60.2 Å². The molecule has 0 amide bonds. The summed E-state index contributed by atoms with van der Waals surface area (Å²) in [5.74, 6) is 1.34. The van der Waals surface area contributed by atoms with Crippen molar-refractivity contribution in [2.24, 2.45) is 0 Å².